The Morgan fingerprint density at radius 1 is 1.50 bits per heavy atom. The third kappa shape index (κ3) is 3.32. The lowest BCUT2D eigenvalue weighted by Gasteiger charge is -2.37. The molecule has 1 saturated heterocycles. The maximum atomic E-state index is 13.3. The van der Waals surface area contributed by atoms with Crippen molar-refractivity contribution >= 4 is 5.69 Å². The minimum atomic E-state index is -0.455. The zero-order valence-electron chi connectivity index (χ0n) is 11.6. The van der Waals surface area contributed by atoms with Crippen LogP contribution >= 0.6 is 0 Å². The number of hydrogen-bond acceptors (Lipinski definition) is 4. The molecule has 1 aliphatic rings. The fraction of sp³-hybridized carbons (Fsp3) is 0.571. The minimum absolute atomic E-state index is 0.0199. The molecule has 2 N–H and O–H groups in total. The van der Waals surface area contributed by atoms with Crippen molar-refractivity contribution in [1.29, 1.82) is 0 Å². The molecule has 0 aliphatic carbocycles. The molecular formula is C14H20FN3O2. The first kappa shape index (κ1) is 14.9. The lowest BCUT2D eigenvalue weighted by Crippen LogP contribution is -2.43. The van der Waals surface area contributed by atoms with Crippen LogP contribution in [-0.4, -0.2) is 29.0 Å². The lowest BCUT2D eigenvalue weighted by molar-refractivity contribution is -0.385. The van der Waals surface area contributed by atoms with Gasteiger partial charge in [-0.05, 0) is 44.4 Å². The van der Waals surface area contributed by atoms with Gasteiger partial charge in [-0.2, -0.15) is 0 Å². The van der Waals surface area contributed by atoms with Crippen molar-refractivity contribution in [3.05, 3.63) is 39.7 Å². The molecule has 20 heavy (non-hydrogen) atoms. The molecule has 0 aromatic heterocycles. The SMILES string of the molecule is CC1CCC(CN)CN1Cc1cc(F)ccc1[N+](=O)[O-]. The molecule has 1 heterocycles. The summed E-state index contributed by atoms with van der Waals surface area (Å²) in [5, 5.41) is 11.0. The van der Waals surface area contributed by atoms with Crippen molar-refractivity contribution in [2.24, 2.45) is 11.7 Å². The van der Waals surface area contributed by atoms with Gasteiger partial charge in [-0.15, -0.1) is 0 Å². The van der Waals surface area contributed by atoms with E-state index >= 15 is 0 Å². The van der Waals surface area contributed by atoms with Gasteiger partial charge in [0.15, 0.2) is 0 Å². The Bertz CT molecular complexity index is 495. The molecule has 0 spiro atoms. The molecule has 2 atom stereocenters. The van der Waals surface area contributed by atoms with Crippen LogP contribution in [0, 0.1) is 21.8 Å². The number of nitro benzene ring substituents is 1. The monoisotopic (exact) mass is 281 g/mol. The molecule has 2 rings (SSSR count). The maximum Gasteiger partial charge on any atom is 0.274 e. The summed E-state index contributed by atoms with van der Waals surface area (Å²) in [4.78, 5) is 12.7. The third-order valence-electron chi connectivity index (χ3n) is 4.05. The number of halogens is 1. The summed E-state index contributed by atoms with van der Waals surface area (Å²) in [5.74, 6) is -0.0237. The molecule has 0 bridgehead atoms. The highest BCUT2D eigenvalue weighted by Crippen LogP contribution is 2.27. The van der Waals surface area contributed by atoms with Crippen molar-refractivity contribution in [3.8, 4) is 0 Å². The van der Waals surface area contributed by atoms with E-state index < -0.39 is 10.7 Å². The third-order valence-corrected chi connectivity index (χ3v) is 4.05. The van der Waals surface area contributed by atoms with Crippen LogP contribution < -0.4 is 5.73 Å². The number of rotatable bonds is 4. The summed E-state index contributed by atoms with van der Waals surface area (Å²) in [5.41, 5.74) is 6.12. The molecule has 0 radical (unpaired) electrons. The van der Waals surface area contributed by atoms with Gasteiger partial charge < -0.3 is 5.73 Å². The van der Waals surface area contributed by atoms with Gasteiger partial charge >= 0.3 is 0 Å². The largest absolute Gasteiger partial charge is 0.330 e. The molecule has 1 fully saturated rings. The van der Waals surface area contributed by atoms with Crippen LogP contribution in [0.3, 0.4) is 0 Å². The van der Waals surface area contributed by atoms with Crippen LogP contribution in [0.2, 0.25) is 0 Å². The predicted octanol–water partition coefficient (Wildman–Crippen LogP) is 2.29. The van der Waals surface area contributed by atoms with Crippen LogP contribution in [0.4, 0.5) is 10.1 Å². The van der Waals surface area contributed by atoms with Gasteiger partial charge in [-0.3, -0.25) is 15.0 Å². The van der Waals surface area contributed by atoms with E-state index in [1.54, 1.807) is 0 Å². The summed E-state index contributed by atoms with van der Waals surface area (Å²) in [7, 11) is 0. The zero-order valence-corrected chi connectivity index (χ0v) is 11.6. The standard InChI is InChI=1S/C14H20FN3O2/c1-10-2-3-11(7-16)8-17(10)9-12-6-13(15)4-5-14(12)18(19)20/h4-6,10-11H,2-3,7-9,16H2,1H3. The average Bonchev–Trinajstić information content (AvgIpc) is 2.41. The van der Waals surface area contributed by atoms with Gasteiger partial charge in [0.2, 0.25) is 0 Å². The molecule has 1 aromatic rings. The van der Waals surface area contributed by atoms with E-state index in [2.05, 4.69) is 11.8 Å². The Morgan fingerprint density at radius 2 is 2.25 bits per heavy atom. The number of likely N-dealkylation sites (tertiary alicyclic amines) is 1. The first-order valence-corrected chi connectivity index (χ1v) is 6.88. The van der Waals surface area contributed by atoms with Crippen LogP contribution in [0.1, 0.15) is 25.3 Å². The Labute approximate surface area is 117 Å². The quantitative estimate of drug-likeness (QED) is 0.679. The second-order valence-corrected chi connectivity index (χ2v) is 5.49. The topological polar surface area (TPSA) is 72.4 Å². The van der Waals surface area contributed by atoms with E-state index in [-0.39, 0.29) is 5.69 Å². The fourth-order valence-corrected chi connectivity index (χ4v) is 2.75. The summed E-state index contributed by atoms with van der Waals surface area (Å²) >= 11 is 0. The van der Waals surface area contributed by atoms with Crippen molar-refractivity contribution in [3.63, 3.8) is 0 Å². The van der Waals surface area contributed by atoms with E-state index in [1.807, 2.05) is 0 Å². The average molecular weight is 281 g/mol. The maximum absolute atomic E-state index is 13.3. The molecule has 1 aliphatic heterocycles. The minimum Gasteiger partial charge on any atom is -0.330 e. The summed E-state index contributed by atoms with van der Waals surface area (Å²) < 4.78 is 13.3. The molecule has 6 heteroatoms. The van der Waals surface area contributed by atoms with E-state index in [1.165, 1.54) is 12.1 Å². The highest BCUT2D eigenvalue weighted by atomic mass is 19.1. The van der Waals surface area contributed by atoms with Gasteiger partial charge in [0.05, 0.1) is 4.92 Å². The number of nitrogens with zero attached hydrogens (tertiary/aromatic N) is 2. The first-order chi connectivity index (χ1) is 9.51. The number of nitro groups is 1. The second-order valence-electron chi connectivity index (χ2n) is 5.49. The fourth-order valence-electron chi connectivity index (χ4n) is 2.75. The molecular weight excluding hydrogens is 261 g/mol. The second kappa shape index (κ2) is 6.28. The Kier molecular flexibility index (Phi) is 4.67. The number of benzene rings is 1. The van der Waals surface area contributed by atoms with Gasteiger partial charge in [0.1, 0.15) is 5.82 Å². The van der Waals surface area contributed by atoms with Gasteiger partial charge in [0.25, 0.3) is 5.69 Å². The highest BCUT2D eigenvalue weighted by Gasteiger charge is 2.26. The van der Waals surface area contributed by atoms with Gasteiger partial charge in [-0.25, -0.2) is 4.39 Å². The summed E-state index contributed by atoms with van der Waals surface area (Å²) in [6, 6.07) is 3.96. The molecule has 1 aromatic carbocycles. The smallest absolute Gasteiger partial charge is 0.274 e. The molecule has 0 amide bonds. The molecule has 110 valence electrons. The number of nitrogens with two attached hydrogens (primary N) is 1. The van der Waals surface area contributed by atoms with Crippen LogP contribution in [0.5, 0.6) is 0 Å². The summed E-state index contributed by atoms with van der Waals surface area (Å²) in [6.07, 6.45) is 2.10. The van der Waals surface area contributed by atoms with Crippen molar-refractivity contribution in [2.75, 3.05) is 13.1 Å². The van der Waals surface area contributed by atoms with Gasteiger partial charge in [-0.1, -0.05) is 0 Å². The molecule has 0 saturated carbocycles. The zero-order chi connectivity index (χ0) is 14.7. The van der Waals surface area contributed by atoms with E-state index in [0.29, 0.717) is 30.6 Å². The molecule has 2 unspecified atom stereocenters. The van der Waals surface area contributed by atoms with Crippen LogP contribution in [-0.2, 0) is 6.54 Å². The first-order valence-electron chi connectivity index (χ1n) is 6.88. The Balaban J connectivity index is 2.19. The van der Waals surface area contributed by atoms with E-state index in [0.717, 1.165) is 25.5 Å². The number of piperidine rings is 1. The van der Waals surface area contributed by atoms with Crippen molar-refractivity contribution < 1.29 is 9.31 Å². The number of hydrogen-bond donors (Lipinski definition) is 1. The molecule has 5 nitrogen and oxygen atoms in total. The van der Waals surface area contributed by atoms with Crippen molar-refractivity contribution in [1.82, 2.24) is 4.90 Å². The van der Waals surface area contributed by atoms with E-state index in [9.17, 15) is 14.5 Å². The lowest BCUT2D eigenvalue weighted by atomic mass is 9.93. The van der Waals surface area contributed by atoms with Crippen LogP contribution in [0.15, 0.2) is 18.2 Å². The predicted molar refractivity (Wildman–Crippen MR) is 74.7 cm³/mol. The van der Waals surface area contributed by atoms with Crippen LogP contribution in [0.25, 0.3) is 0 Å². The van der Waals surface area contributed by atoms with Crippen molar-refractivity contribution in [2.45, 2.75) is 32.4 Å². The highest BCUT2D eigenvalue weighted by molar-refractivity contribution is 5.40. The Hall–Kier alpha value is -1.53. The summed E-state index contributed by atoms with van der Waals surface area (Å²) in [6.45, 7) is 3.92. The normalized spacial score (nSPS) is 23.8. The Morgan fingerprint density at radius 3 is 2.90 bits per heavy atom. The van der Waals surface area contributed by atoms with Gasteiger partial charge in [0, 0.05) is 30.8 Å². The van der Waals surface area contributed by atoms with E-state index in [4.69, 9.17) is 5.73 Å².